The molecule has 0 spiro atoms. The van der Waals surface area contributed by atoms with Crippen molar-refractivity contribution in [2.45, 2.75) is 32.0 Å². The predicted octanol–water partition coefficient (Wildman–Crippen LogP) is 2.85. The Kier molecular flexibility index (Phi) is 7.64. The molecule has 4 nitrogen and oxygen atoms in total. The van der Waals surface area contributed by atoms with Crippen LogP contribution in [0.2, 0.25) is 19.1 Å². The number of ether oxygens (including phenoxy) is 1. The number of esters is 1. The Bertz CT molecular complexity index is 449. The highest BCUT2D eigenvalue weighted by atomic mass is 28.4. The van der Waals surface area contributed by atoms with E-state index < -0.39 is 8.32 Å². The number of benzene rings is 1. The molecule has 0 bridgehead atoms. The minimum atomic E-state index is -1.43. The van der Waals surface area contributed by atoms with Crippen molar-refractivity contribution in [2.24, 2.45) is 0 Å². The third kappa shape index (κ3) is 6.41. The fraction of sp³-hybridized carbons (Fsp3) is 0.562. The first kappa shape index (κ1) is 17.9. The minimum Gasteiger partial charge on any atom is -0.465 e. The molecule has 1 aromatic carbocycles. The van der Waals surface area contributed by atoms with Crippen molar-refractivity contribution in [2.75, 3.05) is 27.3 Å². The summed E-state index contributed by atoms with van der Waals surface area (Å²) in [5, 5.41) is 3.43. The normalized spacial score (nSPS) is 11.4. The summed E-state index contributed by atoms with van der Waals surface area (Å²) in [6, 6.07) is 8.77. The van der Waals surface area contributed by atoms with Crippen LogP contribution in [-0.4, -0.2) is 41.6 Å². The number of hydrogen-bond donors (Lipinski definition) is 1. The van der Waals surface area contributed by atoms with E-state index in [1.165, 1.54) is 7.11 Å². The molecule has 0 unspecified atom stereocenters. The van der Waals surface area contributed by atoms with E-state index in [9.17, 15) is 4.79 Å². The molecule has 21 heavy (non-hydrogen) atoms. The molecule has 0 aliphatic rings. The molecule has 5 heteroatoms. The molecule has 0 aliphatic carbocycles. The van der Waals surface area contributed by atoms with Gasteiger partial charge in [0.1, 0.15) is 0 Å². The Hall–Kier alpha value is -1.17. The summed E-state index contributed by atoms with van der Waals surface area (Å²) < 4.78 is 10.3. The van der Waals surface area contributed by atoms with Crippen molar-refractivity contribution in [1.82, 2.24) is 5.32 Å². The number of rotatable bonds is 9. The highest BCUT2D eigenvalue weighted by molar-refractivity contribution is 6.71. The maximum atomic E-state index is 11.7. The van der Waals surface area contributed by atoms with Crippen molar-refractivity contribution >= 4 is 14.3 Å². The Morgan fingerprint density at radius 1 is 1.19 bits per heavy atom. The van der Waals surface area contributed by atoms with Gasteiger partial charge in [-0.05, 0) is 56.7 Å². The van der Waals surface area contributed by atoms with Gasteiger partial charge in [0.2, 0.25) is 0 Å². The van der Waals surface area contributed by atoms with Crippen LogP contribution in [0.4, 0.5) is 0 Å². The second kappa shape index (κ2) is 8.97. The van der Waals surface area contributed by atoms with Gasteiger partial charge in [-0.2, -0.15) is 0 Å². The topological polar surface area (TPSA) is 47.6 Å². The van der Waals surface area contributed by atoms with Gasteiger partial charge in [-0.25, -0.2) is 4.79 Å². The van der Waals surface area contributed by atoms with Crippen LogP contribution in [0.15, 0.2) is 24.3 Å². The standard InChI is InChI=1S/C16H27NO3Si/c1-19-16(18)15-9-6-5-8-14(15)10-12-17-11-7-13-21(3,4)20-2/h5-6,8-9,17H,7,10-13H2,1-4H3. The lowest BCUT2D eigenvalue weighted by Crippen LogP contribution is -2.30. The van der Waals surface area contributed by atoms with E-state index in [1.54, 1.807) is 0 Å². The Morgan fingerprint density at radius 3 is 2.57 bits per heavy atom. The zero-order chi connectivity index (χ0) is 15.7. The van der Waals surface area contributed by atoms with Gasteiger partial charge < -0.3 is 14.5 Å². The highest BCUT2D eigenvalue weighted by Gasteiger charge is 2.19. The average Bonchev–Trinajstić information content (AvgIpc) is 2.50. The maximum Gasteiger partial charge on any atom is 0.338 e. The third-order valence-electron chi connectivity index (χ3n) is 3.68. The molecule has 0 fully saturated rings. The van der Waals surface area contributed by atoms with Gasteiger partial charge in [0.25, 0.3) is 0 Å². The van der Waals surface area contributed by atoms with Gasteiger partial charge in [0, 0.05) is 7.11 Å². The number of carbonyl (C=O) groups is 1. The van der Waals surface area contributed by atoms with Crippen LogP contribution >= 0.6 is 0 Å². The van der Waals surface area contributed by atoms with Crippen LogP contribution in [0.25, 0.3) is 0 Å². The third-order valence-corrected chi connectivity index (χ3v) is 6.34. The Morgan fingerprint density at radius 2 is 1.90 bits per heavy atom. The Balaban J connectivity index is 2.32. The van der Waals surface area contributed by atoms with E-state index in [0.717, 1.165) is 37.5 Å². The molecule has 0 amide bonds. The second-order valence-electron chi connectivity index (χ2n) is 5.72. The lowest BCUT2D eigenvalue weighted by Gasteiger charge is -2.19. The molecule has 0 heterocycles. The monoisotopic (exact) mass is 309 g/mol. The number of nitrogens with one attached hydrogen (secondary N) is 1. The summed E-state index contributed by atoms with van der Waals surface area (Å²) in [4.78, 5) is 11.7. The molecule has 0 aromatic heterocycles. The molecule has 0 atom stereocenters. The maximum absolute atomic E-state index is 11.7. The summed E-state index contributed by atoms with van der Waals surface area (Å²) >= 11 is 0. The van der Waals surface area contributed by atoms with Crippen molar-refractivity contribution < 1.29 is 14.0 Å². The summed E-state index contributed by atoms with van der Waals surface area (Å²) in [7, 11) is 1.79. The Labute approximate surface area is 129 Å². The first-order chi connectivity index (χ1) is 10.00. The molecular formula is C16H27NO3Si. The number of methoxy groups -OCH3 is 1. The molecule has 118 valence electrons. The first-order valence-corrected chi connectivity index (χ1v) is 10.5. The van der Waals surface area contributed by atoms with E-state index in [2.05, 4.69) is 18.4 Å². The minimum absolute atomic E-state index is 0.265. The van der Waals surface area contributed by atoms with Crippen LogP contribution in [0, 0.1) is 0 Å². The molecule has 1 aromatic rings. The second-order valence-corrected chi connectivity index (χ2v) is 10.1. The van der Waals surface area contributed by atoms with E-state index in [1.807, 2.05) is 31.4 Å². The van der Waals surface area contributed by atoms with Crippen LogP contribution in [-0.2, 0) is 15.6 Å². The van der Waals surface area contributed by atoms with E-state index in [4.69, 9.17) is 9.16 Å². The van der Waals surface area contributed by atoms with Gasteiger partial charge in [0.05, 0.1) is 12.7 Å². The van der Waals surface area contributed by atoms with Crippen molar-refractivity contribution in [3.05, 3.63) is 35.4 Å². The van der Waals surface area contributed by atoms with Gasteiger partial charge in [-0.1, -0.05) is 18.2 Å². The summed E-state index contributed by atoms with van der Waals surface area (Å²) in [5.41, 5.74) is 1.69. The molecule has 0 radical (unpaired) electrons. The molecular weight excluding hydrogens is 282 g/mol. The van der Waals surface area contributed by atoms with Crippen LogP contribution in [0.3, 0.4) is 0 Å². The van der Waals surface area contributed by atoms with Gasteiger partial charge in [0.15, 0.2) is 8.32 Å². The lowest BCUT2D eigenvalue weighted by atomic mass is 10.0. The zero-order valence-electron chi connectivity index (χ0n) is 13.6. The van der Waals surface area contributed by atoms with Crippen molar-refractivity contribution in [1.29, 1.82) is 0 Å². The predicted molar refractivity (Wildman–Crippen MR) is 88.3 cm³/mol. The molecule has 1 N–H and O–H groups in total. The van der Waals surface area contributed by atoms with Crippen LogP contribution in [0.1, 0.15) is 22.3 Å². The molecule has 1 rings (SSSR count). The van der Waals surface area contributed by atoms with E-state index in [-0.39, 0.29) is 5.97 Å². The largest absolute Gasteiger partial charge is 0.465 e. The fourth-order valence-electron chi connectivity index (χ4n) is 2.14. The first-order valence-electron chi connectivity index (χ1n) is 7.42. The number of hydrogen-bond acceptors (Lipinski definition) is 4. The summed E-state index contributed by atoms with van der Waals surface area (Å²) in [6.07, 6.45) is 1.96. The molecule has 0 aliphatic heterocycles. The number of carbonyl (C=O) groups excluding carboxylic acids is 1. The molecule has 0 saturated carbocycles. The van der Waals surface area contributed by atoms with E-state index in [0.29, 0.717) is 5.56 Å². The summed E-state index contributed by atoms with van der Waals surface area (Å²) in [6.45, 7) is 6.32. The van der Waals surface area contributed by atoms with Gasteiger partial charge >= 0.3 is 5.97 Å². The zero-order valence-corrected chi connectivity index (χ0v) is 14.6. The van der Waals surface area contributed by atoms with Crippen molar-refractivity contribution in [3.63, 3.8) is 0 Å². The van der Waals surface area contributed by atoms with Crippen LogP contribution in [0.5, 0.6) is 0 Å². The quantitative estimate of drug-likeness (QED) is 0.433. The van der Waals surface area contributed by atoms with E-state index >= 15 is 0 Å². The smallest absolute Gasteiger partial charge is 0.338 e. The highest BCUT2D eigenvalue weighted by Crippen LogP contribution is 2.12. The van der Waals surface area contributed by atoms with Gasteiger partial charge in [-0.15, -0.1) is 0 Å². The fourth-order valence-corrected chi connectivity index (χ4v) is 3.37. The average molecular weight is 309 g/mol. The lowest BCUT2D eigenvalue weighted by molar-refractivity contribution is 0.0599. The van der Waals surface area contributed by atoms with Gasteiger partial charge in [-0.3, -0.25) is 0 Å². The van der Waals surface area contributed by atoms with Crippen LogP contribution < -0.4 is 5.32 Å². The van der Waals surface area contributed by atoms with Crippen molar-refractivity contribution in [3.8, 4) is 0 Å². The SMILES string of the molecule is COC(=O)c1ccccc1CCNCCC[Si](C)(C)OC. The molecule has 0 saturated heterocycles. The summed E-state index contributed by atoms with van der Waals surface area (Å²) in [5.74, 6) is -0.265.